The van der Waals surface area contributed by atoms with E-state index in [4.69, 9.17) is 0 Å². The fraction of sp³-hybridized carbons (Fsp3) is 0.0741. The molecule has 1 N–H and O–H groups in total. The fourth-order valence-electron chi connectivity index (χ4n) is 3.64. The average Bonchev–Trinajstić information content (AvgIpc) is 2.86. The quantitative estimate of drug-likeness (QED) is 0.0816. The van der Waals surface area contributed by atoms with Crippen LogP contribution in [0, 0.1) is 0 Å². The molecule has 2 nitrogen and oxygen atoms in total. The van der Waals surface area contributed by atoms with Crippen molar-refractivity contribution < 1.29 is 5.21 Å². The van der Waals surface area contributed by atoms with Gasteiger partial charge in [-0.3, -0.25) is 0 Å². The van der Waals surface area contributed by atoms with Gasteiger partial charge in [-0.1, -0.05) is 126 Å². The van der Waals surface area contributed by atoms with Crippen LogP contribution >= 0.6 is 23.5 Å². The summed E-state index contributed by atoms with van der Waals surface area (Å²) in [5.74, 6) is 0.564. The van der Waals surface area contributed by atoms with Crippen molar-refractivity contribution in [3.8, 4) is 0 Å². The maximum absolute atomic E-state index is 9.75. The molecular formula is C27H23NOS2. The monoisotopic (exact) mass is 441 g/mol. The highest BCUT2D eigenvalue weighted by Crippen LogP contribution is 2.48. The van der Waals surface area contributed by atoms with E-state index in [1.54, 1.807) is 11.8 Å². The van der Waals surface area contributed by atoms with Crippen LogP contribution in [0.25, 0.3) is 0 Å². The minimum Gasteiger partial charge on any atom is -0.410 e. The van der Waals surface area contributed by atoms with Crippen molar-refractivity contribution in [3.05, 3.63) is 138 Å². The van der Waals surface area contributed by atoms with Gasteiger partial charge in [-0.15, -0.1) is 11.8 Å². The predicted molar refractivity (Wildman–Crippen MR) is 133 cm³/mol. The van der Waals surface area contributed by atoms with Crippen LogP contribution in [0.4, 0.5) is 0 Å². The van der Waals surface area contributed by atoms with Crippen molar-refractivity contribution in [1.29, 1.82) is 0 Å². The van der Waals surface area contributed by atoms with Gasteiger partial charge in [-0.2, -0.15) is 0 Å². The van der Waals surface area contributed by atoms with E-state index in [2.05, 4.69) is 78.0 Å². The third-order valence-corrected chi connectivity index (χ3v) is 7.75. The second-order valence-electron chi connectivity index (χ2n) is 6.98. The summed E-state index contributed by atoms with van der Waals surface area (Å²) in [6.45, 7) is 0. The SMILES string of the molecule is O/N=C(/CSC(c1ccccc1)(c1ccccc1)c1ccccc1)Sc1ccccc1. The fourth-order valence-corrected chi connectivity index (χ4v) is 5.97. The second-order valence-corrected chi connectivity index (χ2v) is 9.31. The zero-order valence-electron chi connectivity index (χ0n) is 17.0. The summed E-state index contributed by atoms with van der Waals surface area (Å²) >= 11 is 3.26. The third-order valence-electron chi connectivity index (χ3n) is 5.04. The van der Waals surface area contributed by atoms with Crippen molar-refractivity contribution in [2.45, 2.75) is 9.64 Å². The first-order valence-corrected chi connectivity index (χ1v) is 11.9. The van der Waals surface area contributed by atoms with Crippen molar-refractivity contribution in [1.82, 2.24) is 0 Å². The molecule has 0 heterocycles. The molecule has 0 radical (unpaired) electrons. The summed E-state index contributed by atoms with van der Waals surface area (Å²) in [4.78, 5) is 1.06. The van der Waals surface area contributed by atoms with Crippen molar-refractivity contribution in [2.24, 2.45) is 5.16 Å². The molecule has 0 bridgehead atoms. The lowest BCUT2D eigenvalue weighted by atomic mass is 9.84. The van der Waals surface area contributed by atoms with Gasteiger partial charge in [-0.05, 0) is 28.8 Å². The Labute approximate surface area is 192 Å². The summed E-state index contributed by atoms with van der Waals surface area (Å²) in [7, 11) is 0. The van der Waals surface area contributed by atoms with Gasteiger partial charge >= 0.3 is 0 Å². The Kier molecular flexibility index (Phi) is 7.13. The number of thioether (sulfide) groups is 2. The van der Waals surface area contributed by atoms with E-state index in [1.165, 1.54) is 28.5 Å². The van der Waals surface area contributed by atoms with E-state index < -0.39 is 4.75 Å². The summed E-state index contributed by atoms with van der Waals surface area (Å²) in [5, 5.41) is 14.0. The van der Waals surface area contributed by atoms with Crippen molar-refractivity contribution in [3.63, 3.8) is 0 Å². The number of benzene rings is 4. The van der Waals surface area contributed by atoms with Crippen LogP contribution in [-0.2, 0) is 4.75 Å². The molecule has 0 aliphatic heterocycles. The van der Waals surface area contributed by atoms with Crippen LogP contribution in [0.1, 0.15) is 16.7 Å². The highest BCUT2D eigenvalue weighted by molar-refractivity contribution is 8.16. The number of nitrogens with zero attached hydrogens (tertiary/aromatic N) is 1. The molecular weight excluding hydrogens is 418 g/mol. The maximum atomic E-state index is 9.75. The van der Waals surface area contributed by atoms with Crippen LogP contribution in [-0.4, -0.2) is 16.0 Å². The van der Waals surface area contributed by atoms with Crippen LogP contribution in [0.15, 0.2) is 131 Å². The zero-order valence-corrected chi connectivity index (χ0v) is 18.6. The van der Waals surface area contributed by atoms with Crippen LogP contribution in [0.5, 0.6) is 0 Å². The van der Waals surface area contributed by atoms with E-state index in [0.717, 1.165) is 4.90 Å². The molecule has 4 heteroatoms. The predicted octanol–water partition coefficient (Wildman–Crippen LogP) is 7.29. The highest BCUT2D eigenvalue weighted by Gasteiger charge is 2.37. The average molecular weight is 442 g/mol. The van der Waals surface area contributed by atoms with Crippen molar-refractivity contribution >= 4 is 28.6 Å². The molecule has 0 saturated heterocycles. The van der Waals surface area contributed by atoms with E-state index in [-0.39, 0.29) is 0 Å². The summed E-state index contributed by atoms with van der Waals surface area (Å²) in [6.07, 6.45) is 0. The molecule has 154 valence electrons. The Morgan fingerprint density at radius 2 is 1.00 bits per heavy atom. The molecule has 0 aliphatic carbocycles. The third kappa shape index (κ3) is 4.87. The van der Waals surface area contributed by atoms with Crippen LogP contribution < -0.4 is 0 Å². The molecule has 0 atom stereocenters. The van der Waals surface area contributed by atoms with E-state index in [1.807, 2.05) is 48.5 Å². The first kappa shape index (κ1) is 21.3. The smallest absolute Gasteiger partial charge is 0.127 e. The molecule has 31 heavy (non-hydrogen) atoms. The molecule has 0 saturated carbocycles. The molecule has 4 aromatic rings. The summed E-state index contributed by atoms with van der Waals surface area (Å²) in [5.41, 5.74) is 3.58. The van der Waals surface area contributed by atoms with Gasteiger partial charge in [0, 0.05) is 10.6 Å². The molecule has 0 unspecified atom stereocenters. The standard InChI is InChI=1S/C27H23NOS2/c29-28-26(31-25-19-11-4-12-20-25)21-30-27(22-13-5-1-6-14-22,23-15-7-2-8-16-23)24-17-9-3-10-18-24/h1-20,29H,21H2/b28-26-. The lowest BCUT2D eigenvalue weighted by molar-refractivity contribution is 0.320. The Hall–Kier alpha value is -2.95. The minimum atomic E-state index is -0.434. The second kappa shape index (κ2) is 10.4. The molecule has 4 aromatic carbocycles. The maximum Gasteiger partial charge on any atom is 0.127 e. The molecule has 0 spiro atoms. The largest absolute Gasteiger partial charge is 0.410 e. The lowest BCUT2D eigenvalue weighted by Gasteiger charge is -2.35. The Morgan fingerprint density at radius 1 is 0.613 bits per heavy atom. The number of hydrogen-bond acceptors (Lipinski definition) is 4. The van der Waals surface area contributed by atoms with Gasteiger partial charge in [0.05, 0.1) is 4.75 Å². The zero-order chi connectivity index (χ0) is 21.4. The van der Waals surface area contributed by atoms with Crippen LogP contribution in [0.2, 0.25) is 0 Å². The minimum absolute atomic E-state index is 0.434. The molecule has 4 rings (SSSR count). The Balaban J connectivity index is 1.77. The van der Waals surface area contributed by atoms with E-state index in [0.29, 0.717) is 10.8 Å². The number of hydrogen-bond donors (Lipinski definition) is 1. The van der Waals surface area contributed by atoms with Crippen molar-refractivity contribution in [2.75, 3.05) is 5.75 Å². The summed E-state index contributed by atoms with van der Waals surface area (Å²) < 4.78 is -0.434. The topological polar surface area (TPSA) is 32.6 Å². The first-order chi connectivity index (χ1) is 15.3. The molecule has 0 amide bonds. The molecule has 0 aliphatic rings. The van der Waals surface area contributed by atoms with Gasteiger partial charge in [0.2, 0.25) is 0 Å². The molecule has 0 aromatic heterocycles. The van der Waals surface area contributed by atoms with E-state index in [9.17, 15) is 5.21 Å². The number of rotatable bonds is 7. The molecule has 0 fully saturated rings. The van der Waals surface area contributed by atoms with Crippen LogP contribution in [0.3, 0.4) is 0 Å². The summed E-state index contributed by atoms with van der Waals surface area (Å²) in [6, 6.07) is 41.7. The highest BCUT2D eigenvalue weighted by atomic mass is 32.2. The van der Waals surface area contributed by atoms with Gasteiger partial charge < -0.3 is 5.21 Å². The van der Waals surface area contributed by atoms with E-state index >= 15 is 0 Å². The van der Waals surface area contributed by atoms with Gasteiger partial charge in [0.1, 0.15) is 5.04 Å². The van der Waals surface area contributed by atoms with Gasteiger partial charge in [0.15, 0.2) is 0 Å². The number of oxime groups is 1. The normalized spacial score (nSPS) is 11.9. The Morgan fingerprint density at radius 3 is 1.39 bits per heavy atom. The first-order valence-electron chi connectivity index (χ1n) is 10.1. The van der Waals surface area contributed by atoms with Gasteiger partial charge in [0.25, 0.3) is 0 Å². The Bertz CT molecular complexity index is 1000. The van der Waals surface area contributed by atoms with Gasteiger partial charge in [-0.25, -0.2) is 0 Å². The lowest BCUT2D eigenvalue weighted by Crippen LogP contribution is -2.27.